The monoisotopic (exact) mass is 339 g/mol. The highest BCUT2D eigenvalue weighted by Gasteiger charge is 2.12. The zero-order valence-electron chi connectivity index (χ0n) is 11.4. The van der Waals surface area contributed by atoms with Crippen LogP contribution in [0.15, 0.2) is 40.4 Å². The van der Waals surface area contributed by atoms with E-state index in [1.807, 2.05) is 0 Å². The van der Waals surface area contributed by atoms with E-state index < -0.39 is 11.9 Å². The Kier molecular flexibility index (Phi) is 4.90. The second-order valence-electron chi connectivity index (χ2n) is 4.37. The molecule has 1 heterocycles. The topological polar surface area (TPSA) is 79.5 Å². The fourth-order valence-electron chi connectivity index (χ4n) is 1.74. The van der Waals surface area contributed by atoms with Gasteiger partial charge in [-0.3, -0.25) is 4.79 Å². The minimum Gasteiger partial charge on any atom is -0.477 e. The van der Waals surface area contributed by atoms with Crippen molar-refractivity contribution < 1.29 is 19.1 Å². The van der Waals surface area contributed by atoms with Gasteiger partial charge < -0.3 is 14.8 Å². The van der Waals surface area contributed by atoms with Crippen LogP contribution in [0.4, 0.5) is 0 Å². The van der Waals surface area contributed by atoms with Crippen molar-refractivity contribution in [2.24, 2.45) is 0 Å². The van der Waals surface area contributed by atoms with Crippen LogP contribution in [0.25, 0.3) is 17.4 Å². The lowest BCUT2D eigenvalue weighted by atomic mass is 10.2. The first-order chi connectivity index (χ1) is 10.4. The number of aliphatic carboxylic acids is 1. The molecule has 0 fully saturated rings. The van der Waals surface area contributed by atoms with E-state index in [0.717, 1.165) is 0 Å². The predicted octanol–water partition coefficient (Wildman–Crippen LogP) is 3.82. The molecule has 5 nitrogen and oxygen atoms in total. The Morgan fingerprint density at radius 1 is 1.23 bits per heavy atom. The van der Waals surface area contributed by atoms with Crippen LogP contribution in [0.5, 0.6) is 0 Å². The molecule has 0 unspecified atom stereocenters. The van der Waals surface area contributed by atoms with Crippen molar-refractivity contribution in [3.8, 4) is 11.3 Å². The van der Waals surface area contributed by atoms with Gasteiger partial charge in [-0.05, 0) is 30.3 Å². The molecule has 0 bridgehead atoms. The zero-order chi connectivity index (χ0) is 16.3. The van der Waals surface area contributed by atoms with Crippen LogP contribution >= 0.6 is 23.2 Å². The molecule has 1 aromatic heterocycles. The average Bonchev–Trinajstić information content (AvgIpc) is 2.88. The molecule has 0 saturated carbocycles. The maximum atomic E-state index is 11.1. The van der Waals surface area contributed by atoms with Crippen LogP contribution in [0.2, 0.25) is 10.0 Å². The molecule has 1 amide bonds. The number of benzene rings is 1. The summed E-state index contributed by atoms with van der Waals surface area (Å²) in [5, 5.41) is 12.2. The first kappa shape index (κ1) is 16.1. The van der Waals surface area contributed by atoms with E-state index in [4.69, 9.17) is 32.7 Å². The molecular formula is C15H11Cl2NO4. The third kappa shape index (κ3) is 3.90. The van der Waals surface area contributed by atoms with Crippen LogP contribution in [0.1, 0.15) is 12.7 Å². The summed E-state index contributed by atoms with van der Waals surface area (Å²) >= 11 is 12.0. The molecule has 2 rings (SSSR count). The molecule has 0 aliphatic heterocycles. The van der Waals surface area contributed by atoms with Crippen LogP contribution < -0.4 is 5.32 Å². The number of carbonyl (C=O) groups excluding carboxylic acids is 1. The van der Waals surface area contributed by atoms with E-state index >= 15 is 0 Å². The van der Waals surface area contributed by atoms with E-state index in [1.54, 1.807) is 30.3 Å². The predicted molar refractivity (Wildman–Crippen MR) is 83.6 cm³/mol. The number of rotatable bonds is 4. The van der Waals surface area contributed by atoms with Crippen molar-refractivity contribution in [1.82, 2.24) is 5.32 Å². The highest BCUT2D eigenvalue weighted by Crippen LogP contribution is 2.32. The molecule has 1 aromatic carbocycles. The van der Waals surface area contributed by atoms with Crippen molar-refractivity contribution in [2.45, 2.75) is 6.92 Å². The maximum Gasteiger partial charge on any atom is 0.352 e. The Morgan fingerprint density at radius 3 is 2.59 bits per heavy atom. The van der Waals surface area contributed by atoms with Crippen LogP contribution in [-0.4, -0.2) is 17.0 Å². The molecule has 0 aliphatic carbocycles. The zero-order valence-corrected chi connectivity index (χ0v) is 12.9. The lowest BCUT2D eigenvalue weighted by Gasteiger charge is -2.02. The summed E-state index contributed by atoms with van der Waals surface area (Å²) in [5.74, 6) is -1.06. The molecular weight excluding hydrogens is 329 g/mol. The minimum absolute atomic E-state index is 0.261. The molecule has 22 heavy (non-hydrogen) atoms. The summed E-state index contributed by atoms with van der Waals surface area (Å²) in [6.45, 7) is 1.22. The molecule has 0 aliphatic rings. The molecule has 0 atom stereocenters. The van der Waals surface area contributed by atoms with Gasteiger partial charge in [0.25, 0.3) is 0 Å². The molecule has 2 aromatic rings. The third-order valence-corrected chi connectivity index (χ3v) is 3.21. The van der Waals surface area contributed by atoms with E-state index in [0.29, 0.717) is 21.4 Å². The number of nitrogens with one attached hydrogen (secondary N) is 1. The van der Waals surface area contributed by atoms with Crippen LogP contribution in [-0.2, 0) is 9.59 Å². The van der Waals surface area contributed by atoms with Crippen molar-refractivity contribution in [3.63, 3.8) is 0 Å². The number of halogens is 2. The quantitative estimate of drug-likeness (QED) is 0.830. The van der Waals surface area contributed by atoms with Gasteiger partial charge >= 0.3 is 5.97 Å². The largest absolute Gasteiger partial charge is 0.477 e. The van der Waals surface area contributed by atoms with E-state index in [1.165, 1.54) is 13.0 Å². The summed E-state index contributed by atoms with van der Waals surface area (Å²) in [7, 11) is 0. The number of hydrogen-bond donors (Lipinski definition) is 2. The molecule has 0 saturated heterocycles. The summed E-state index contributed by atoms with van der Waals surface area (Å²) in [6.07, 6.45) is 1.21. The van der Waals surface area contributed by atoms with Gasteiger partial charge in [0, 0.05) is 23.6 Å². The van der Waals surface area contributed by atoms with Gasteiger partial charge in [0.05, 0.1) is 5.02 Å². The average molecular weight is 340 g/mol. The number of amides is 1. The van der Waals surface area contributed by atoms with Gasteiger partial charge in [-0.1, -0.05) is 23.2 Å². The summed E-state index contributed by atoms with van der Waals surface area (Å²) < 4.78 is 5.53. The fourth-order valence-corrected chi connectivity index (χ4v) is 2.13. The number of carboxylic acids is 1. The van der Waals surface area contributed by atoms with E-state index in [9.17, 15) is 9.59 Å². The fraction of sp³-hybridized carbons (Fsp3) is 0.0667. The summed E-state index contributed by atoms with van der Waals surface area (Å²) in [5.41, 5.74) is 0.302. The molecule has 2 N–H and O–H groups in total. The SMILES string of the molecule is CC(=O)N/C(=C/c1ccc(-c2cc(Cl)ccc2Cl)o1)C(=O)O. The Bertz CT molecular complexity index is 765. The van der Waals surface area contributed by atoms with Crippen molar-refractivity contribution in [2.75, 3.05) is 0 Å². The molecule has 0 spiro atoms. The van der Waals surface area contributed by atoms with Crippen molar-refractivity contribution in [3.05, 3.63) is 51.8 Å². The Morgan fingerprint density at radius 2 is 1.95 bits per heavy atom. The third-order valence-electron chi connectivity index (χ3n) is 2.65. The van der Waals surface area contributed by atoms with Crippen molar-refractivity contribution >= 4 is 41.2 Å². The lowest BCUT2D eigenvalue weighted by Crippen LogP contribution is -2.24. The Hall–Kier alpha value is -2.24. The Labute approximate surface area is 136 Å². The standard InChI is InChI=1S/C15H11Cl2NO4/c1-8(19)18-13(15(20)21)7-10-3-5-14(22-10)11-6-9(16)2-4-12(11)17/h2-7H,1H3,(H,18,19)(H,20,21)/b13-7+. The minimum atomic E-state index is -1.27. The van der Waals surface area contributed by atoms with E-state index in [2.05, 4.69) is 5.32 Å². The summed E-state index contributed by atoms with van der Waals surface area (Å²) in [6, 6.07) is 8.13. The first-order valence-electron chi connectivity index (χ1n) is 6.14. The van der Waals surface area contributed by atoms with Gasteiger partial charge in [-0.2, -0.15) is 0 Å². The normalized spacial score (nSPS) is 11.3. The van der Waals surface area contributed by atoms with Gasteiger partial charge in [-0.15, -0.1) is 0 Å². The van der Waals surface area contributed by atoms with Crippen molar-refractivity contribution in [1.29, 1.82) is 0 Å². The van der Waals surface area contributed by atoms with Gasteiger partial charge in [0.1, 0.15) is 17.2 Å². The number of furan rings is 1. The maximum absolute atomic E-state index is 11.1. The number of carboxylic acid groups (broad SMARTS) is 1. The Balaban J connectivity index is 2.36. The van der Waals surface area contributed by atoms with Crippen LogP contribution in [0, 0.1) is 0 Å². The lowest BCUT2D eigenvalue weighted by molar-refractivity contribution is -0.134. The van der Waals surface area contributed by atoms with Gasteiger partial charge in [0.15, 0.2) is 0 Å². The number of carbonyl (C=O) groups is 2. The highest BCUT2D eigenvalue weighted by atomic mass is 35.5. The van der Waals surface area contributed by atoms with E-state index in [-0.39, 0.29) is 11.5 Å². The molecule has 114 valence electrons. The highest BCUT2D eigenvalue weighted by molar-refractivity contribution is 6.35. The molecule has 0 radical (unpaired) electrons. The summed E-state index contributed by atoms with van der Waals surface area (Å²) in [4.78, 5) is 22.0. The molecule has 7 heteroatoms. The van der Waals surface area contributed by atoms with Gasteiger partial charge in [-0.25, -0.2) is 4.79 Å². The van der Waals surface area contributed by atoms with Crippen LogP contribution in [0.3, 0.4) is 0 Å². The van der Waals surface area contributed by atoms with Gasteiger partial charge in [0.2, 0.25) is 5.91 Å². The number of hydrogen-bond acceptors (Lipinski definition) is 3. The first-order valence-corrected chi connectivity index (χ1v) is 6.90. The smallest absolute Gasteiger partial charge is 0.352 e. The second-order valence-corrected chi connectivity index (χ2v) is 5.21. The second kappa shape index (κ2) is 6.68.